The minimum atomic E-state index is -0.941. The number of aryl methyl sites for hydroxylation is 1. The van der Waals surface area contributed by atoms with E-state index in [1.54, 1.807) is 13.8 Å². The number of aldehydes is 1. The second kappa shape index (κ2) is 5.07. The van der Waals surface area contributed by atoms with E-state index in [1.807, 2.05) is 0 Å². The van der Waals surface area contributed by atoms with Crippen LogP contribution in [0.2, 0.25) is 5.02 Å². The molecule has 0 aliphatic carbocycles. The summed E-state index contributed by atoms with van der Waals surface area (Å²) < 4.78 is 18.3. The number of halogens is 2. The van der Waals surface area contributed by atoms with Gasteiger partial charge >= 0.3 is 5.97 Å². The highest BCUT2D eigenvalue weighted by atomic mass is 35.5. The molecule has 0 unspecified atom stereocenters. The molecule has 0 amide bonds. The maximum absolute atomic E-state index is 13.7. The molecule has 1 aromatic rings. The summed E-state index contributed by atoms with van der Waals surface area (Å²) in [6.07, 6.45) is 0.285. The van der Waals surface area contributed by atoms with Gasteiger partial charge in [-0.25, -0.2) is 9.18 Å². The molecular formula is C11H10ClFO3. The lowest BCUT2D eigenvalue weighted by Crippen LogP contribution is -2.10. The van der Waals surface area contributed by atoms with Crippen LogP contribution < -0.4 is 0 Å². The van der Waals surface area contributed by atoms with Gasteiger partial charge in [-0.3, -0.25) is 4.79 Å². The highest BCUT2D eigenvalue weighted by Crippen LogP contribution is 2.25. The van der Waals surface area contributed by atoms with E-state index in [1.165, 1.54) is 6.07 Å². The number of ether oxygens (including phenoxy) is 1. The fourth-order valence-corrected chi connectivity index (χ4v) is 1.44. The first kappa shape index (κ1) is 12.6. The summed E-state index contributed by atoms with van der Waals surface area (Å²) in [6.45, 7) is 3.33. The van der Waals surface area contributed by atoms with Crippen molar-refractivity contribution < 1.29 is 18.7 Å². The SMILES string of the molecule is CCOC(=O)c1cc(C)c(Cl)c(C=O)c1F. The van der Waals surface area contributed by atoms with Crippen LogP contribution in [0.25, 0.3) is 0 Å². The lowest BCUT2D eigenvalue weighted by molar-refractivity contribution is 0.0521. The number of rotatable bonds is 3. The maximum Gasteiger partial charge on any atom is 0.341 e. The molecule has 0 spiro atoms. The number of esters is 1. The molecule has 1 rings (SSSR count). The minimum Gasteiger partial charge on any atom is -0.462 e. The van der Waals surface area contributed by atoms with Crippen molar-refractivity contribution >= 4 is 23.9 Å². The molecule has 0 N–H and O–H groups in total. The zero-order chi connectivity index (χ0) is 12.3. The molecule has 0 saturated heterocycles. The van der Waals surface area contributed by atoms with E-state index in [2.05, 4.69) is 4.74 Å². The van der Waals surface area contributed by atoms with Gasteiger partial charge in [0.15, 0.2) is 6.29 Å². The quantitative estimate of drug-likeness (QED) is 0.607. The molecule has 0 aliphatic rings. The molecule has 1 aromatic carbocycles. The monoisotopic (exact) mass is 244 g/mol. The van der Waals surface area contributed by atoms with Gasteiger partial charge in [0.05, 0.1) is 22.8 Å². The summed E-state index contributed by atoms with van der Waals surface area (Å²) in [5, 5.41) is 0.0144. The van der Waals surface area contributed by atoms with Crippen LogP contribution in [-0.4, -0.2) is 18.9 Å². The predicted molar refractivity (Wildman–Crippen MR) is 57.5 cm³/mol. The Hall–Kier alpha value is -1.42. The highest BCUT2D eigenvalue weighted by molar-refractivity contribution is 6.33. The fraction of sp³-hybridized carbons (Fsp3) is 0.273. The van der Waals surface area contributed by atoms with Crippen molar-refractivity contribution in [3.8, 4) is 0 Å². The van der Waals surface area contributed by atoms with Gasteiger partial charge in [0.25, 0.3) is 0 Å². The van der Waals surface area contributed by atoms with E-state index >= 15 is 0 Å². The third-order valence-electron chi connectivity index (χ3n) is 2.03. The first-order chi connectivity index (χ1) is 7.52. The first-order valence-electron chi connectivity index (χ1n) is 4.63. The third kappa shape index (κ3) is 2.22. The van der Waals surface area contributed by atoms with Crippen molar-refractivity contribution in [3.05, 3.63) is 33.6 Å². The largest absolute Gasteiger partial charge is 0.462 e. The third-order valence-corrected chi connectivity index (χ3v) is 2.53. The Balaban J connectivity index is 3.36. The topological polar surface area (TPSA) is 43.4 Å². The number of carbonyl (C=O) groups excluding carboxylic acids is 2. The number of hydrogen-bond donors (Lipinski definition) is 0. The van der Waals surface area contributed by atoms with E-state index in [4.69, 9.17) is 11.6 Å². The molecule has 3 nitrogen and oxygen atoms in total. The van der Waals surface area contributed by atoms with Crippen molar-refractivity contribution in [2.45, 2.75) is 13.8 Å². The molecule has 0 fully saturated rings. The van der Waals surface area contributed by atoms with Crippen LogP contribution in [0, 0.1) is 12.7 Å². The smallest absolute Gasteiger partial charge is 0.341 e. The molecule has 16 heavy (non-hydrogen) atoms. The Morgan fingerprint density at radius 1 is 1.62 bits per heavy atom. The molecule has 86 valence electrons. The summed E-state index contributed by atoms with van der Waals surface area (Å²) in [6, 6.07) is 1.27. The normalized spacial score (nSPS) is 10.0. The van der Waals surface area contributed by atoms with E-state index in [9.17, 15) is 14.0 Å². The van der Waals surface area contributed by atoms with Crippen molar-refractivity contribution in [2.75, 3.05) is 6.61 Å². The molecule has 0 radical (unpaired) electrons. The standard InChI is InChI=1S/C11H10ClFO3/c1-3-16-11(15)7-4-6(2)9(12)8(5-14)10(7)13/h4-5H,3H2,1-2H3. The van der Waals surface area contributed by atoms with Crippen LogP contribution in [-0.2, 0) is 4.74 Å². The number of hydrogen-bond acceptors (Lipinski definition) is 3. The summed E-state index contributed by atoms with van der Waals surface area (Å²) >= 11 is 5.73. The van der Waals surface area contributed by atoms with Gasteiger partial charge in [-0.05, 0) is 25.5 Å². The molecule has 0 aromatic heterocycles. The predicted octanol–water partition coefficient (Wildman–Crippen LogP) is 2.78. The molecule has 5 heteroatoms. The van der Waals surface area contributed by atoms with E-state index in [0.29, 0.717) is 5.56 Å². The summed E-state index contributed by atoms with van der Waals surface area (Å²) in [7, 11) is 0. The van der Waals surface area contributed by atoms with Crippen LogP contribution in [0.15, 0.2) is 6.07 Å². The van der Waals surface area contributed by atoms with Gasteiger partial charge in [-0.2, -0.15) is 0 Å². The molecule has 0 bridgehead atoms. The molecule has 0 atom stereocenters. The van der Waals surface area contributed by atoms with E-state index < -0.39 is 11.8 Å². The fourth-order valence-electron chi connectivity index (χ4n) is 1.26. The average molecular weight is 245 g/mol. The van der Waals surface area contributed by atoms with E-state index in [0.717, 1.165) is 0 Å². The van der Waals surface area contributed by atoms with Gasteiger partial charge in [0, 0.05) is 0 Å². The van der Waals surface area contributed by atoms with Crippen LogP contribution in [0.1, 0.15) is 33.2 Å². The summed E-state index contributed by atoms with van der Waals surface area (Å²) in [5.41, 5.74) is -0.135. The zero-order valence-corrected chi connectivity index (χ0v) is 9.60. The lowest BCUT2D eigenvalue weighted by atomic mass is 10.1. The average Bonchev–Trinajstić information content (AvgIpc) is 2.24. The minimum absolute atomic E-state index is 0.0144. The van der Waals surface area contributed by atoms with Gasteiger partial charge in [-0.15, -0.1) is 0 Å². The summed E-state index contributed by atoms with van der Waals surface area (Å²) in [5.74, 6) is -1.74. The molecule has 0 aliphatic heterocycles. The number of benzene rings is 1. The maximum atomic E-state index is 13.7. The van der Waals surface area contributed by atoms with Crippen molar-refractivity contribution in [3.63, 3.8) is 0 Å². The lowest BCUT2D eigenvalue weighted by Gasteiger charge is -2.08. The van der Waals surface area contributed by atoms with Crippen LogP contribution in [0.5, 0.6) is 0 Å². The second-order valence-corrected chi connectivity index (χ2v) is 3.50. The summed E-state index contributed by atoms with van der Waals surface area (Å²) in [4.78, 5) is 22.0. The Bertz CT molecular complexity index is 443. The number of carbonyl (C=O) groups is 2. The van der Waals surface area contributed by atoms with Crippen molar-refractivity contribution in [2.24, 2.45) is 0 Å². The Morgan fingerprint density at radius 3 is 2.75 bits per heavy atom. The second-order valence-electron chi connectivity index (χ2n) is 3.12. The van der Waals surface area contributed by atoms with Gasteiger partial charge in [0.2, 0.25) is 0 Å². The van der Waals surface area contributed by atoms with Crippen molar-refractivity contribution in [1.29, 1.82) is 0 Å². The molecular weight excluding hydrogens is 235 g/mol. The zero-order valence-electron chi connectivity index (χ0n) is 8.84. The van der Waals surface area contributed by atoms with Crippen molar-refractivity contribution in [1.82, 2.24) is 0 Å². The Labute approximate surface area is 97.2 Å². The van der Waals surface area contributed by atoms with Gasteiger partial charge in [-0.1, -0.05) is 11.6 Å². The molecule has 0 saturated carbocycles. The van der Waals surface area contributed by atoms with E-state index in [-0.39, 0.29) is 29.0 Å². The highest BCUT2D eigenvalue weighted by Gasteiger charge is 2.20. The van der Waals surface area contributed by atoms with Crippen LogP contribution in [0.3, 0.4) is 0 Å². The Kier molecular flexibility index (Phi) is 4.01. The Morgan fingerprint density at radius 2 is 2.25 bits per heavy atom. The van der Waals surface area contributed by atoms with Gasteiger partial charge < -0.3 is 4.74 Å². The molecule has 0 heterocycles. The first-order valence-corrected chi connectivity index (χ1v) is 5.01. The van der Waals surface area contributed by atoms with Crippen LogP contribution in [0.4, 0.5) is 4.39 Å². The van der Waals surface area contributed by atoms with Gasteiger partial charge in [0.1, 0.15) is 5.82 Å². The van der Waals surface area contributed by atoms with Crippen LogP contribution >= 0.6 is 11.6 Å².